The van der Waals surface area contributed by atoms with E-state index in [4.69, 9.17) is 4.74 Å². The van der Waals surface area contributed by atoms with Gasteiger partial charge in [0.1, 0.15) is 18.2 Å². The minimum atomic E-state index is -0.965. The zero-order chi connectivity index (χ0) is 18.0. The number of hydrogen-bond donors (Lipinski definition) is 1. The number of carbonyl (C=O) groups is 2. The summed E-state index contributed by atoms with van der Waals surface area (Å²) in [6.45, 7) is 1.69. The van der Waals surface area contributed by atoms with Crippen molar-refractivity contribution in [3.8, 4) is 0 Å². The average Bonchev–Trinajstić information content (AvgIpc) is 2.59. The van der Waals surface area contributed by atoms with Crippen molar-refractivity contribution < 1.29 is 18.7 Å². The van der Waals surface area contributed by atoms with Gasteiger partial charge in [0.05, 0.1) is 6.04 Å². The molecule has 2 heterocycles. The lowest BCUT2D eigenvalue weighted by Crippen LogP contribution is -2.51. The van der Waals surface area contributed by atoms with E-state index in [0.717, 1.165) is 5.56 Å². The molecule has 7 heteroatoms. The van der Waals surface area contributed by atoms with Crippen LogP contribution in [0.3, 0.4) is 0 Å². The molecule has 0 bridgehead atoms. The Morgan fingerprint density at radius 1 is 1.36 bits per heavy atom. The molecule has 1 N–H and O–H groups in total. The number of benzene rings is 1. The monoisotopic (exact) mass is 343 g/mol. The minimum absolute atomic E-state index is 0.207. The second-order valence-corrected chi connectivity index (χ2v) is 5.95. The summed E-state index contributed by atoms with van der Waals surface area (Å²) in [7, 11) is 1.57. The highest BCUT2D eigenvalue weighted by Crippen LogP contribution is 2.30. The molecule has 0 radical (unpaired) electrons. The Kier molecular flexibility index (Phi) is 4.76. The number of likely N-dealkylation sites (N-methyl/N-ethyl adjacent to an activating group) is 1. The van der Waals surface area contributed by atoms with Crippen LogP contribution in [0.5, 0.6) is 0 Å². The van der Waals surface area contributed by atoms with Gasteiger partial charge in [-0.25, -0.2) is 9.37 Å². The first-order valence-corrected chi connectivity index (χ1v) is 7.82. The normalized spacial score (nSPS) is 20.4. The van der Waals surface area contributed by atoms with Gasteiger partial charge in [-0.1, -0.05) is 18.2 Å². The first-order valence-electron chi connectivity index (χ1n) is 7.82. The van der Waals surface area contributed by atoms with E-state index in [9.17, 15) is 14.0 Å². The Morgan fingerprint density at radius 2 is 2.16 bits per heavy atom. The van der Waals surface area contributed by atoms with E-state index < -0.39 is 23.9 Å². The molecule has 2 aromatic rings. The van der Waals surface area contributed by atoms with Crippen LogP contribution in [0, 0.1) is 12.7 Å². The fourth-order valence-electron chi connectivity index (χ4n) is 2.76. The molecule has 0 saturated carbocycles. The lowest BCUT2D eigenvalue weighted by molar-refractivity contribution is -0.160. The molecule has 6 nitrogen and oxygen atoms in total. The van der Waals surface area contributed by atoms with Gasteiger partial charge in [-0.15, -0.1) is 0 Å². The van der Waals surface area contributed by atoms with Gasteiger partial charge >= 0.3 is 0 Å². The highest BCUT2D eigenvalue weighted by Gasteiger charge is 2.40. The number of carbonyl (C=O) groups excluding carboxylic acids is 2. The van der Waals surface area contributed by atoms with Crippen LogP contribution in [0.25, 0.3) is 0 Å². The first-order chi connectivity index (χ1) is 12.0. The van der Waals surface area contributed by atoms with E-state index in [1.807, 2.05) is 13.0 Å². The van der Waals surface area contributed by atoms with Gasteiger partial charge in [0.15, 0.2) is 6.10 Å². The van der Waals surface area contributed by atoms with Crippen molar-refractivity contribution in [3.63, 3.8) is 0 Å². The minimum Gasteiger partial charge on any atom is -0.356 e. The Labute approximate surface area is 144 Å². The van der Waals surface area contributed by atoms with Crippen molar-refractivity contribution in [2.45, 2.75) is 19.1 Å². The van der Waals surface area contributed by atoms with Crippen LogP contribution in [0.2, 0.25) is 0 Å². The Balaban J connectivity index is 1.87. The maximum absolute atomic E-state index is 13.6. The molecule has 3 rings (SSSR count). The SMILES string of the molecule is Cc1ccc(NC(=O)[C@@H]2OCC(=O)N(C)[C@@H]2c2cccc(F)c2)nc1. The van der Waals surface area contributed by atoms with Crippen LogP contribution in [0.4, 0.5) is 10.2 Å². The summed E-state index contributed by atoms with van der Waals surface area (Å²) in [5.74, 6) is -0.767. The number of morpholine rings is 1. The van der Waals surface area contributed by atoms with Gasteiger partial charge in [-0.05, 0) is 36.2 Å². The van der Waals surface area contributed by atoms with Gasteiger partial charge in [0.25, 0.3) is 5.91 Å². The Morgan fingerprint density at radius 3 is 2.84 bits per heavy atom. The summed E-state index contributed by atoms with van der Waals surface area (Å²) in [5, 5.41) is 2.68. The molecular formula is C18H18FN3O3. The summed E-state index contributed by atoms with van der Waals surface area (Å²) >= 11 is 0. The van der Waals surface area contributed by atoms with E-state index >= 15 is 0 Å². The molecule has 1 fully saturated rings. The van der Waals surface area contributed by atoms with Gasteiger partial charge in [-0.3, -0.25) is 9.59 Å². The van der Waals surface area contributed by atoms with Crippen LogP contribution >= 0.6 is 0 Å². The molecule has 1 saturated heterocycles. The maximum Gasteiger partial charge on any atom is 0.257 e. The Hall–Kier alpha value is -2.80. The molecule has 1 aromatic carbocycles. The number of amides is 2. The van der Waals surface area contributed by atoms with Crippen LogP contribution in [-0.4, -0.2) is 41.5 Å². The van der Waals surface area contributed by atoms with Crippen molar-refractivity contribution in [3.05, 3.63) is 59.5 Å². The number of aromatic nitrogens is 1. The zero-order valence-corrected chi connectivity index (χ0v) is 13.9. The largest absolute Gasteiger partial charge is 0.356 e. The fraction of sp³-hybridized carbons (Fsp3) is 0.278. The second kappa shape index (κ2) is 6.98. The zero-order valence-electron chi connectivity index (χ0n) is 13.9. The van der Waals surface area contributed by atoms with Gasteiger partial charge in [0, 0.05) is 13.2 Å². The summed E-state index contributed by atoms with van der Waals surface area (Å²) in [4.78, 5) is 30.2. The van der Waals surface area contributed by atoms with Crippen LogP contribution in [0.15, 0.2) is 42.6 Å². The topological polar surface area (TPSA) is 71.5 Å². The van der Waals surface area contributed by atoms with E-state index in [1.165, 1.54) is 23.1 Å². The molecular weight excluding hydrogens is 325 g/mol. The molecule has 1 aliphatic heterocycles. The van der Waals surface area contributed by atoms with E-state index in [-0.39, 0.29) is 12.5 Å². The molecule has 1 aromatic heterocycles. The standard InChI is InChI=1S/C18H18FN3O3/c1-11-6-7-14(20-9-11)21-18(24)17-16(22(2)15(23)10-25-17)12-4-3-5-13(19)8-12/h3-9,16-17H,10H2,1-2H3,(H,20,21,24)/t16-,17-/m1/s1. The fourth-order valence-corrected chi connectivity index (χ4v) is 2.76. The number of nitrogens with zero attached hydrogens (tertiary/aromatic N) is 2. The smallest absolute Gasteiger partial charge is 0.257 e. The molecule has 0 spiro atoms. The summed E-state index contributed by atoms with van der Waals surface area (Å²) in [6, 6.07) is 8.59. The van der Waals surface area contributed by atoms with Crippen molar-refractivity contribution in [2.75, 3.05) is 19.0 Å². The maximum atomic E-state index is 13.6. The van der Waals surface area contributed by atoms with Crippen LogP contribution in [0.1, 0.15) is 17.2 Å². The quantitative estimate of drug-likeness (QED) is 0.926. The third kappa shape index (κ3) is 3.66. The lowest BCUT2D eigenvalue weighted by atomic mass is 9.97. The van der Waals surface area contributed by atoms with E-state index in [1.54, 1.807) is 25.4 Å². The third-order valence-electron chi connectivity index (χ3n) is 4.10. The number of pyridine rings is 1. The van der Waals surface area contributed by atoms with Crippen molar-refractivity contribution >= 4 is 17.6 Å². The molecule has 1 aliphatic rings. The predicted octanol–water partition coefficient (Wildman–Crippen LogP) is 2.07. The second-order valence-electron chi connectivity index (χ2n) is 5.95. The number of rotatable bonds is 3. The van der Waals surface area contributed by atoms with Gasteiger partial charge in [0.2, 0.25) is 5.91 Å². The number of ether oxygens (including phenoxy) is 1. The van der Waals surface area contributed by atoms with Gasteiger partial charge in [-0.2, -0.15) is 0 Å². The first kappa shape index (κ1) is 17.0. The number of anilines is 1. The van der Waals surface area contributed by atoms with Crippen LogP contribution < -0.4 is 5.32 Å². The van der Waals surface area contributed by atoms with Crippen molar-refractivity contribution in [2.24, 2.45) is 0 Å². The van der Waals surface area contributed by atoms with Gasteiger partial charge < -0.3 is 15.0 Å². The number of hydrogen-bond acceptors (Lipinski definition) is 4. The molecule has 0 aliphatic carbocycles. The van der Waals surface area contributed by atoms with E-state index in [0.29, 0.717) is 11.4 Å². The lowest BCUT2D eigenvalue weighted by Gasteiger charge is -2.38. The number of aryl methyl sites for hydroxylation is 1. The highest BCUT2D eigenvalue weighted by molar-refractivity contribution is 5.95. The predicted molar refractivity (Wildman–Crippen MR) is 89.3 cm³/mol. The van der Waals surface area contributed by atoms with E-state index in [2.05, 4.69) is 10.3 Å². The third-order valence-corrected chi connectivity index (χ3v) is 4.10. The summed E-state index contributed by atoms with van der Waals surface area (Å²) in [6.07, 6.45) is 0.671. The molecule has 0 unspecified atom stereocenters. The molecule has 2 amide bonds. The van der Waals surface area contributed by atoms with Crippen molar-refractivity contribution in [1.82, 2.24) is 9.88 Å². The number of nitrogens with one attached hydrogen (secondary N) is 1. The summed E-state index contributed by atoms with van der Waals surface area (Å²) in [5.41, 5.74) is 1.46. The molecule has 2 atom stereocenters. The average molecular weight is 343 g/mol. The highest BCUT2D eigenvalue weighted by atomic mass is 19.1. The van der Waals surface area contributed by atoms with Crippen molar-refractivity contribution in [1.29, 1.82) is 0 Å². The van der Waals surface area contributed by atoms with Crippen LogP contribution in [-0.2, 0) is 14.3 Å². The summed E-state index contributed by atoms with van der Waals surface area (Å²) < 4.78 is 19.1. The Bertz CT molecular complexity index is 794. The molecule has 130 valence electrons. The number of halogens is 1. The molecule has 25 heavy (non-hydrogen) atoms.